The first-order valence-corrected chi connectivity index (χ1v) is 9.42. The molecule has 0 aliphatic heterocycles. The first-order chi connectivity index (χ1) is 11.5. The molecule has 0 aromatic heterocycles. The summed E-state index contributed by atoms with van der Waals surface area (Å²) in [6, 6.07) is 10.1. The molecule has 9 heteroatoms. The molecule has 0 saturated heterocycles. The number of alkyl halides is 3. The maximum absolute atomic E-state index is 13.0. The molecule has 0 atom stereocenters. The highest BCUT2D eigenvalue weighted by Crippen LogP contribution is 2.35. The Labute approximate surface area is 152 Å². The fourth-order valence-electron chi connectivity index (χ4n) is 2.29. The van der Waals surface area contributed by atoms with Gasteiger partial charge in [-0.1, -0.05) is 28.1 Å². The number of nitrogens with zero attached hydrogens (tertiary/aromatic N) is 1. The van der Waals surface area contributed by atoms with Crippen molar-refractivity contribution >= 4 is 31.6 Å². The van der Waals surface area contributed by atoms with E-state index in [-0.39, 0.29) is 11.0 Å². The quantitative estimate of drug-likeness (QED) is 0.669. The fourth-order valence-corrected chi connectivity index (χ4v) is 4.20. The topological polar surface area (TPSA) is 46.6 Å². The smallest absolute Gasteiger partial charge is 0.404 e. The monoisotopic (exact) mass is 437 g/mol. The lowest BCUT2D eigenvalue weighted by Crippen LogP contribution is -2.31. The Morgan fingerprint density at radius 2 is 1.84 bits per heavy atom. The minimum absolute atomic E-state index is 0.0489. The molecule has 0 aliphatic carbocycles. The van der Waals surface area contributed by atoms with Crippen LogP contribution in [0.5, 0.6) is 5.75 Å². The SMILES string of the molecule is CCN(c1cccc(C)c1)S(=O)(=O)c1ccc(Br)cc1OC(F)(F)F. The minimum Gasteiger partial charge on any atom is -0.404 e. The predicted octanol–water partition coefficient (Wildman–Crippen LogP) is 4.87. The number of hydrogen-bond donors (Lipinski definition) is 0. The molecule has 0 unspecified atom stereocenters. The van der Waals surface area contributed by atoms with E-state index in [2.05, 4.69) is 20.7 Å². The molecule has 0 saturated carbocycles. The van der Waals surface area contributed by atoms with E-state index in [0.29, 0.717) is 5.69 Å². The highest BCUT2D eigenvalue weighted by molar-refractivity contribution is 9.10. The summed E-state index contributed by atoms with van der Waals surface area (Å²) in [5, 5.41) is 0. The van der Waals surface area contributed by atoms with Crippen LogP contribution in [0.4, 0.5) is 18.9 Å². The van der Waals surface area contributed by atoms with Crippen molar-refractivity contribution in [1.29, 1.82) is 0 Å². The molecule has 0 fully saturated rings. The minimum atomic E-state index is -5.01. The zero-order chi connectivity index (χ0) is 18.8. The van der Waals surface area contributed by atoms with Gasteiger partial charge in [0, 0.05) is 11.0 Å². The molecule has 0 heterocycles. The molecule has 0 bridgehead atoms. The van der Waals surface area contributed by atoms with Crippen LogP contribution in [0.2, 0.25) is 0 Å². The summed E-state index contributed by atoms with van der Waals surface area (Å²) in [6.45, 7) is 3.44. The van der Waals surface area contributed by atoms with E-state index in [4.69, 9.17) is 0 Å². The molecule has 0 N–H and O–H groups in total. The van der Waals surface area contributed by atoms with Gasteiger partial charge in [0.1, 0.15) is 4.90 Å². The van der Waals surface area contributed by atoms with E-state index in [9.17, 15) is 21.6 Å². The number of aryl methyl sites for hydroxylation is 1. The van der Waals surface area contributed by atoms with E-state index < -0.39 is 27.0 Å². The number of benzene rings is 2. The Hall–Kier alpha value is -1.74. The normalized spacial score (nSPS) is 12.1. The highest BCUT2D eigenvalue weighted by Gasteiger charge is 2.35. The second-order valence-corrected chi connectivity index (χ2v) is 7.89. The van der Waals surface area contributed by atoms with E-state index in [1.54, 1.807) is 38.1 Å². The lowest BCUT2D eigenvalue weighted by molar-refractivity contribution is -0.275. The second kappa shape index (κ2) is 7.25. The molecule has 0 amide bonds. The van der Waals surface area contributed by atoms with Gasteiger partial charge < -0.3 is 4.74 Å². The average Bonchev–Trinajstić information content (AvgIpc) is 2.45. The van der Waals surface area contributed by atoms with Gasteiger partial charge >= 0.3 is 6.36 Å². The van der Waals surface area contributed by atoms with Crippen LogP contribution >= 0.6 is 15.9 Å². The number of ether oxygens (including phenoxy) is 1. The number of sulfonamides is 1. The van der Waals surface area contributed by atoms with Gasteiger partial charge in [-0.05, 0) is 49.7 Å². The zero-order valence-corrected chi connectivity index (χ0v) is 15.7. The molecule has 2 aromatic carbocycles. The highest BCUT2D eigenvalue weighted by atomic mass is 79.9. The van der Waals surface area contributed by atoms with Crippen molar-refractivity contribution in [2.75, 3.05) is 10.8 Å². The molecule has 4 nitrogen and oxygen atoms in total. The Morgan fingerprint density at radius 3 is 2.40 bits per heavy atom. The van der Waals surface area contributed by atoms with Gasteiger partial charge in [0.15, 0.2) is 5.75 Å². The standard InChI is InChI=1S/C16H15BrF3NO3S/c1-3-21(13-6-4-5-11(2)9-13)25(22,23)15-8-7-12(17)10-14(15)24-16(18,19)20/h4-10H,3H2,1-2H3. The number of halogens is 4. The van der Waals surface area contributed by atoms with Gasteiger partial charge in [0.25, 0.3) is 10.0 Å². The van der Waals surface area contributed by atoms with Gasteiger partial charge in [-0.2, -0.15) is 0 Å². The van der Waals surface area contributed by atoms with Crippen molar-refractivity contribution in [2.24, 2.45) is 0 Å². The summed E-state index contributed by atoms with van der Waals surface area (Å²) < 4.78 is 69.1. The van der Waals surface area contributed by atoms with Crippen molar-refractivity contribution in [3.8, 4) is 5.75 Å². The summed E-state index contributed by atoms with van der Waals surface area (Å²) in [4.78, 5) is -0.559. The predicted molar refractivity (Wildman–Crippen MR) is 92.2 cm³/mol. The van der Waals surface area contributed by atoms with Crippen molar-refractivity contribution in [3.63, 3.8) is 0 Å². The Kier molecular flexibility index (Phi) is 5.68. The molecule has 0 spiro atoms. The van der Waals surface area contributed by atoms with Gasteiger partial charge in [-0.3, -0.25) is 4.31 Å². The molecule has 136 valence electrons. The van der Waals surface area contributed by atoms with Gasteiger partial charge in [0.2, 0.25) is 0 Å². The third-order valence-corrected chi connectivity index (χ3v) is 5.71. The summed E-state index contributed by atoms with van der Waals surface area (Å²) in [5.41, 5.74) is 1.19. The van der Waals surface area contributed by atoms with E-state index >= 15 is 0 Å². The average molecular weight is 438 g/mol. The summed E-state index contributed by atoms with van der Waals surface area (Å²) in [7, 11) is -4.25. The van der Waals surface area contributed by atoms with Crippen LogP contribution in [0.1, 0.15) is 12.5 Å². The van der Waals surface area contributed by atoms with Crippen molar-refractivity contribution in [1.82, 2.24) is 0 Å². The summed E-state index contributed by atoms with van der Waals surface area (Å²) in [5.74, 6) is -0.784. The molecular formula is C16H15BrF3NO3S. The van der Waals surface area contributed by atoms with Gasteiger partial charge in [-0.15, -0.1) is 13.2 Å². The van der Waals surface area contributed by atoms with Crippen LogP contribution in [0.15, 0.2) is 51.8 Å². The summed E-state index contributed by atoms with van der Waals surface area (Å²) in [6.07, 6.45) is -5.01. The fraction of sp³-hybridized carbons (Fsp3) is 0.250. The van der Waals surface area contributed by atoms with Crippen LogP contribution in [-0.2, 0) is 10.0 Å². The van der Waals surface area contributed by atoms with Crippen molar-refractivity contribution in [2.45, 2.75) is 25.1 Å². The first kappa shape index (κ1) is 19.6. The lowest BCUT2D eigenvalue weighted by Gasteiger charge is -2.24. The molecule has 0 radical (unpaired) electrons. The van der Waals surface area contributed by atoms with Crippen LogP contribution in [-0.4, -0.2) is 21.3 Å². The molecule has 0 aliphatic rings. The third kappa shape index (κ3) is 4.66. The van der Waals surface area contributed by atoms with E-state index in [1.807, 2.05) is 0 Å². The van der Waals surface area contributed by atoms with E-state index in [0.717, 1.165) is 22.0 Å². The Morgan fingerprint density at radius 1 is 1.16 bits per heavy atom. The number of rotatable bonds is 5. The number of anilines is 1. The Balaban J connectivity index is 2.58. The van der Waals surface area contributed by atoms with Crippen LogP contribution in [0.3, 0.4) is 0 Å². The second-order valence-electron chi connectivity index (χ2n) is 5.15. The zero-order valence-electron chi connectivity index (χ0n) is 13.3. The van der Waals surface area contributed by atoms with Gasteiger partial charge in [-0.25, -0.2) is 8.42 Å². The summed E-state index contributed by atoms with van der Waals surface area (Å²) >= 11 is 3.02. The maximum atomic E-state index is 13.0. The number of hydrogen-bond acceptors (Lipinski definition) is 3. The van der Waals surface area contributed by atoms with Crippen LogP contribution < -0.4 is 9.04 Å². The molecule has 2 aromatic rings. The van der Waals surface area contributed by atoms with E-state index in [1.165, 1.54) is 6.07 Å². The van der Waals surface area contributed by atoms with Crippen molar-refractivity contribution < 1.29 is 26.3 Å². The molecular weight excluding hydrogens is 423 g/mol. The lowest BCUT2D eigenvalue weighted by atomic mass is 10.2. The first-order valence-electron chi connectivity index (χ1n) is 7.19. The molecule has 25 heavy (non-hydrogen) atoms. The Bertz CT molecular complexity index is 869. The van der Waals surface area contributed by atoms with Crippen LogP contribution in [0.25, 0.3) is 0 Å². The molecule has 2 rings (SSSR count). The van der Waals surface area contributed by atoms with Crippen LogP contribution in [0, 0.1) is 6.92 Å². The maximum Gasteiger partial charge on any atom is 0.573 e. The largest absolute Gasteiger partial charge is 0.573 e. The third-order valence-electron chi connectivity index (χ3n) is 3.28. The van der Waals surface area contributed by atoms with Gasteiger partial charge in [0.05, 0.1) is 5.69 Å². The van der Waals surface area contributed by atoms with Crippen molar-refractivity contribution in [3.05, 3.63) is 52.5 Å².